The molecule has 0 radical (unpaired) electrons. The highest BCUT2D eigenvalue weighted by Crippen LogP contribution is 2.22. The molecular formula is C16H19ClN4O. The summed E-state index contributed by atoms with van der Waals surface area (Å²) in [5.74, 6) is 0.577. The van der Waals surface area contributed by atoms with E-state index in [2.05, 4.69) is 15.2 Å². The summed E-state index contributed by atoms with van der Waals surface area (Å²) in [6, 6.07) is 11.4. The van der Waals surface area contributed by atoms with Crippen LogP contribution in [0.1, 0.15) is 10.4 Å². The number of hydrogen-bond donors (Lipinski definition) is 2. The largest absolute Gasteiger partial charge is 0.366 e. The Morgan fingerprint density at radius 1 is 1.14 bits per heavy atom. The first-order valence-electron chi connectivity index (χ1n) is 7.06. The summed E-state index contributed by atoms with van der Waals surface area (Å²) < 4.78 is 0. The molecule has 1 aromatic heterocycles. The Morgan fingerprint density at radius 3 is 2.55 bits per heavy atom. The number of aromatic nitrogens is 1. The summed E-state index contributed by atoms with van der Waals surface area (Å²) in [4.78, 5) is 18.0. The molecule has 0 bridgehead atoms. The van der Waals surface area contributed by atoms with Crippen LogP contribution in [0.25, 0.3) is 11.1 Å². The highest BCUT2D eigenvalue weighted by atomic mass is 35.5. The van der Waals surface area contributed by atoms with Crippen LogP contribution in [0.5, 0.6) is 0 Å². The van der Waals surface area contributed by atoms with Gasteiger partial charge in [0.2, 0.25) is 5.91 Å². The van der Waals surface area contributed by atoms with E-state index in [9.17, 15) is 4.79 Å². The SMILES string of the molecule is Cl.NC(=O)c1cccc(-c2ccc(N3CCNCC3)nc2)c1. The van der Waals surface area contributed by atoms with Crippen molar-refractivity contribution in [2.24, 2.45) is 5.73 Å². The van der Waals surface area contributed by atoms with Gasteiger partial charge in [-0.15, -0.1) is 12.4 Å². The number of hydrogen-bond acceptors (Lipinski definition) is 4. The third-order valence-corrected chi connectivity index (χ3v) is 3.67. The number of benzene rings is 1. The fourth-order valence-electron chi connectivity index (χ4n) is 2.49. The minimum absolute atomic E-state index is 0. The number of amides is 1. The summed E-state index contributed by atoms with van der Waals surface area (Å²) in [6.45, 7) is 3.93. The highest BCUT2D eigenvalue weighted by molar-refractivity contribution is 5.94. The third-order valence-electron chi connectivity index (χ3n) is 3.67. The van der Waals surface area contributed by atoms with E-state index >= 15 is 0 Å². The molecule has 116 valence electrons. The molecule has 3 rings (SSSR count). The molecule has 0 saturated carbocycles. The average molecular weight is 319 g/mol. The van der Waals surface area contributed by atoms with Gasteiger partial charge in [-0.05, 0) is 29.8 Å². The summed E-state index contributed by atoms with van der Waals surface area (Å²) in [6.07, 6.45) is 1.84. The molecule has 22 heavy (non-hydrogen) atoms. The Morgan fingerprint density at radius 2 is 1.91 bits per heavy atom. The Labute approximate surface area is 135 Å². The van der Waals surface area contributed by atoms with E-state index in [1.807, 2.05) is 30.5 Å². The first kappa shape index (κ1) is 16.3. The Kier molecular flexibility index (Phi) is 5.35. The number of anilines is 1. The molecule has 0 spiro atoms. The van der Waals surface area contributed by atoms with Crippen LogP contribution in [0.3, 0.4) is 0 Å². The van der Waals surface area contributed by atoms with E-state index in [4.69, 9.17) is 5.73 Å². The zero-order chi connectivity index (χ0) is 14.7. The van der Waals surface area contributed by atoms with Gasteiger partial charge in [-0.25, -0.2) is 4.98 Å². The van der Waals surface area contributed by atoms with Crippen molar-refractivity contribution in [3.8, 4) is 11.1 Å². The van der Waals surface area contributed by atoms with Crippen LogP contribution in [0.15, 0.2) is 42.6 Å². The smallest absolute Gasteiger partial charge is 0.248 e. The molecule has 1 fully saturated rings. The van der Waals surface area contributed by atoms with Crippen molar-refractivity contribution in [2.45, 2.75) is 0 Å². The van der Waals surface area contributed by atoms with Crippen molar-refractivity contribution in [1.29, 1.82) is 0 Å². The number of carbonyl (C=O) groups excluding carboxylic acids is 1. The molecule has 1 aromatic carbocycles. The molecule has 0 atom stereocenters. The molecular weight excluding hydrogens is 300 g/mol. The average Bonchev–Trinajstić information content (AvgIpc) is 2.56. The molecule has 0 aliphatic carbocycles. The quantitative estimate of drug-likeness (QED) is 0.903. The maximum Gasteiger partial charge on any atom is 0.248 e. The van der Waals surface area contributed by atoms with E-state index in [0.29, 0.717) is 5.56 Å². The van der Waals surface area contributed by atoms with E-state index in [-0.39, 0.29) is 12.4 Å². The number of halogens is 1. The summed E-state index contributed by atoms with van der Waals surface area (Å²) in [7, 11) is 0. The molecule has 1 amide bonds. The van der Waals surface area contributed by atoms with Gasteiger partial charge in [0.15, 0.2) is 0 Å². The third kappa shape index (κ3) is 3.55. The van der Waals surface area contributed by atoms with E-state index in [1.165, 1.54) is 0 Å². The standard InChI is InChI=1S/C16H18N4O.ClH/c17-16(21)13-3-1-2-12(10-13)14-4-5-15(19-11-14)20-8-6-18-7-9-20;/h1-5,10-11,18H,6-9H2,(H2,17,21);1H. The molecule has 1 aliphatic heterocycles. The summed E-state index contributed by atoms with van der Waals surface area (Å²) >= 11 is 0. The summed E-state index contributed by atoms with van der Waals surface area (Å²) in [5, 5.41) is 3.33. The van der Waals surface area contributed by atoms with Gasteiger partial charge in [-0.3, -0.25) is 4.79 Å². The van der Waals surface area contributed by atoms with Crippen LogP contribution >= 0.6 is 12.4 Å². The maximum atomic E-state index is 11.2. The van der Waals surface area contributed by atoms with E-state index in [1.54, 1.807) is 12.1 Å². The van der Waals surface area contributed by atoms with E-state index in [0.717, 1.165) is 43.1 Å². The Bertz CT molecular complexity index is 639. The van der Waals surface area contributed by atoms with Crippen molar-refractivity contribution in [3.63, 3.8) is 0 Å². The minimum atomic E-state index is -0.415. The number of nitrogens with two attached hydrogens (primary N) is 1. The normalized spacial score (nSPS) is 14.3. The van der Waals surface area contributed by atoms with Crippen molar-refractivity contribution >= 4 is 24.1 Å². The lowest BCUT2D eigenvalue weighted by atomic mass is 10.0. The number of piperazine rings is 1. The van der Waals surface area contributed by atoms with Crippen molar-refractivity contribution < 1.29 is 4.79 Å². The van der Waals surface area contributed by atoms with Crippen molar-refractivity contribution in [2.75, 3.05) is 31.1 Å². The zero-order valence-corrected chi connectivity index (χ0v) is 13.0. The topological polar surface area (TPSA) is 71.2 Å². The molecule has 1 aliphatic rings. The van der Waals surface area contributed by atoms with Crippen molar-refractivity contribution in [1.82, 2.24) is 10.3 Å². The van der Waals surface area contributed by atoms with Crippen LogP contribution in [0, 0.1) is 0 Å². The van der Waals surface area contributed by atoms with Crippen LogP contribution in [0.2, 0.25) is 0 Å². The van der Waals surface area contributed by atoms with Gasteiger partial charge in [0.25, 0.3) is 0 Å². The van der Waals surface area contributed by atoms with Gasteiger partial charge in [-0.1, -0.05) is 12.1 Å². The monoisotopic (exact) mass is 318 g/mol. The number of pyridine rings is 1. The van der Waals surface area contributed by atoms with Crippen LogP contribution in [-0.4, -0.2) is 37.1 Å². The highest BCUT2D eigenvalue weighted by Gasteiger charge is 2.11. The molecule has 5 nitrogen and oxygen atoms in total. The molecule has 2 heterocycles. The molecule has 6 heteroatoms. The fourth-order valence-corrected chi connectivity index (χ4v) is 2.49. The van der Waals surface area contributed by atoms with E-state index < -0.39 is 5.91 Å². The van der Waals surface area contributed by atoms with Crippen LogP contribution in [0.4, 0.5) is 5.82 Å². The van der Waals surface area contributed by atoms with Gasteiger partial charge in [0.05, 0.1) is 0 Å². The summed E-state index contributed by atoms with van der Waals surface area (Å²) in [5.41, 5.74) is 7.76. The maximum absolute atomic E-state index is 11.2. The Hall–Kier alpha value is -2.11. The predicted octanol–water partition coefficient (Wildman–Crippen LogP) is 1.68. The Balaban J connectivity index is 0.00000176. The van der Waals surface area contributed by atoms with Gasteiger partial charge in [0, 0.05) is 43.5 Å². The zero-order valence-electron chi connectivity index (χ0n) is 12.2. The number of rotatable bonds is 3. The number of carbonyl (C=O) groups is 1. The number of nitrogens with one attached hydrogen (secondary N) is 1. The molecule has 3 N–H and O–H groups in total. The molecule has 1 saturated heterocycles. The lowest BCUT2D eigenvalue weighted by molar-refractivity contribution is 0.100. The fraction of sp³-hybridized carbons (Fsp3) is 0.250. The first-order chi connectivity index (χ1) is 10.2. The van der Waals surface area contributed by atoms with Crippen molar-refractivity contribution in [3.05, 3.63) is 48.2 Å². The van der Waals surface area contributed by atoms with Gasteiger partial charge >= 0.3 is 0 Å². The minimum Gasteiger partial charge on any atom is -0.366 e. The predicted molar refractivity (Wildman–Crippen MR) is 90.5 cm³/mol. The number of primary amides is 1. The lowest BCUT2D eigenvalue weighted by Crippen LogP contribution is -2.43. The van der Waals surface area contributed by atoms with Gasteiger partial charge in [0.1, 0.15) is 5.82 Å². The second-order valence-electron chi connectivity index (χ2n) is 5.09. The second kappa shape index (κ2) is 7.24. The van der Waals surface area contributed by atoms with Crippen LogP contribution < -0.4 is 16.0 Å². The number of nitrogens with zero attached hydrogens (tertiary/aromatic N) is 2. The second-order valence-corrected chi connectivity index (χ2v) is 5.09. The van der Waals surface area contributed by atoms with Gasteiger partial charge < -0.3 is 16.0 Å². The first-order valence-corrected chi connectivity index (χ1v) is 7.06. The van der Waals surface area contributed by atoms with Gasteiger partial charge in [-0.2, -0.15) is 0 Å². The molecule has 2 aromatic rings. The van der Waals surface area contributed by atoms with Crippen LogP contribution in [-0.2, 0) is 0 Å². The molecule has 0 unspecified atom stereocenters. The lowest BCUT2D eigenvalue weighted by Gasteiger charge is -2.28.